The van der Waals surface area contributed by atoms with E-state index in [1.165, 1.54) is 0 Å². The van der Waals surface area contributed by atoms with Crippen molar-refractivity contribution >= 4 is 35.5 Å². The van der Waals surface area contributed by atoms with Crippen LogP contribution in [0.3, 0.4) is 0 Å². The Hall–Kier alpha value is 0.430. The van der Waals surface area contributed by atoms with Gasteiger partial charge in [0.25, 0.3) is 0 Å². The van der Waals surface area contributed by atoms with Gasteiger partial charge >= 0.3 is 5.97 Å². The van der Waals surface area contributed by atoms with Crippen molar-refractivity contribution < 1.29 is 15.0 Å². The van der Waals surface area contributed by atoms with Crippen LogP contribution in [0.5, 0.6) is 0 Å². The van der Waals surface area contributed by atoms with E-state index in [-0.39, 0.29) is 36.0 Å². The summed E-state index contributed by atoms with van der Waals surface area (Å²) in [7, 11) is 0. The molecule has 2 N–H and O–H groups in total. The standard InChI is InChI=1S/C5H10O3.Na/c1-4(6)2-3-5(7)8;/h4,6H,2-3H2,1H3,(H,7,8);. The van der Waals surface area contributed by atoms with Gasteiger partial charge in [0.1, 0.15) is 0 Å². The Morgan fingerprint density at radius 1 is 1.67 bits per heavy atom. The maximum Gasteiger partial charge on any atom is 0.303 e. The van der Waals surface area contributed by atoms with Gasteiger partial charge in [0.2, 0.25) is 0 Å². The summed E-state index contributed by atoms with van der Waals surface area (Å²) >= 11 is 0. The normalized spacial score (nSPS) is 11.8. The predicted molar refractivity (Wildman–Crippen MR) is 34.3 cm³/mol. The molecular formula is C5H10NaO3. The van der Waals surface area contributed by atoms with E-state index in [0.717, 1.165) is 0 Å². The van der Waals surface area contributed by atoms with Crippen molar-refractivity contribution in [3.8, 4) is 0 Å². The molecule has 0 aromatic rings. The van der Waals surface area contributed by atoms with Crippen LogP contribution in [-0.2, 0) is 4.79 Å². The maximum atomic E-state index is 9.79. The van der Waals surface area contributed by atoms with Crippen LogP contribution in [0, 0.1) is 0 Å². The van der Waals surface area contributed by atoms with Crippen LogP contribution in [0.15, 0.2) is 0 Å². The fraction of sp³-hybridized carbons (Fsp3) is 0.800. The molecule has 0 aliphatic heterocycles. The van der Waals surface area contributed by atoms with Gasteiger partial charge in [-0.1, -0.05) is 0 Å². The molecule has 0 spiro atoms. The van der Waals surface area contributed by atoms with E-state index in [4.69, 9.17) is 10.2 Å². The predicted octanol–water partition coefficient (Wildman–Crippen LogP) is -0.149. The fourth-order valence-electron chi connectivity index (χ4n) is 0.332. The van der Waals surface area contributed by atoms with Gasteiger partial charge in [-0.25, -0.2) is 0 Å². The van der Waals surface area contributed by atoms with Gasteiger partial charge in [-0.05, 0) is 13.3 Å². The number of carbonyl (C=O) groups is 1. The molecule has 0 rings (SSSR count). The Balaban J connectivity index is 0. The number of aliphatic hydroxyl groups is 1. The van der Waals surface area contributed by atoms with Crippen molar-refractivity contribution in [1.29, 1.82) is 0 Å². The second kappa shape index (κ2) is 6.55. The summed E-state index contributed by atoms with van der Waals surface area (Å²) in [5, 5.41) is 16.6. The number of carboxylic acid groups (broad SMARTS) is 1. The van der Waals surface area contributed by atoms with Gasteiger partial charge in [-0.3, -0.25) is 4.79 Å². The summed E-state index contributed by atoms with van der Waals surface area (Å²) < 4.78 is 0. The largest absolute Gasteiger partial charge is 0.481 e. The second-order valence-corrected chi connectivity index (χ2v) is 1.78. The molecule has 49 valence electrons. The maximum absolute atomic E-state index is 9.79. The molecule has 0 heterocycles. The Labute approximate surface area is 76.4 Å². The second-order valence-electron chi connectivity index (χ2n) is 1.78. The minimum absolute atomic E-state index is 0. The number of aliphatic hydroxyl groups excluding tert-OH is 1. The van der Waals surface area contributed by atoms with E-state index in [1.807, 2.05) is 0 Å². The van der Waals surface area contributed by atoms with Crippen LogP contribution in [-0.4, -0.2) is 51.8 Å². The molecule has 0 aliphatic carbocycles. The molecule has 1 atom stereocenters. The third kappa shape index (κ3) is 11.8. The molecular weight excluding hydrogens is 131 g/mol. The molecule has 1 radical (unpaired) electrons. The zero-order valence-electron chi connectivity index (χ0n) is 5.79. The van der Waals surface area contributed by atoms with E-state index in [0.29, 0.717) is 6.42 Å². The first kappa shape index (κ1) is 12.1. The summed E-state index contributed by atoms with van der Waals surface area (Å²) in [6, 6.07) is 0. The summed E-state index contributed by atoms with van der Waals surface area (Å²) in [6.45, 7) is 1.57. The molecule has 0 saturated carbocycles. The number of carboxylic acids is 1. The number of rotatable bonds is 3. The summed E-state index contributed by atoms with van der Waals surface area (Å²) in [5.74, 6) is -0.856. The van der Waals surface area contributed by atoms with Gasteiger partial charge in [0.05, 0.1) is 6.10 Å². The van der Waals surface area contributed by atoms with Gasteiger partial charge in [-0.2, -0.15) is 0 Å². The molecule has 0 fully saturated rings. The van der Waals surface area contributed by atoms with Gasteiger partial charge in [-0.15, -0.1) is 0 Å². The monoisotopic (exact) mass is 141 g/mol. The van der Waals surface area contributed by atoms with Crippen LogP contribution < -0.4 is 0 Å². The van der Waals surface area contributed by atoms with Crippen molar-refractivity contribution in [2.45, 2.75) is 25.9 Å². The molecule has 0 amide bonds. The SMILES string of the molecule is CC(O)CCC(=O)O.[Na]. The zero-order valence-corrected chi connectivity index (χ0v) is 7.79. The summed E-state index contributed by atoms with van der Waals surface area (Å²) in [6.07, 6.45) is -0.0985. The number of hydrogen-bond acceptors (Lipinski definition) is 2. The molecule has 0 aliphatic rings. The van der Waals surface area contributed by atoms with E-state index < -0.39 is 12.1 Å². The van der Waals surface area contributed by atoms with Crippen LogP contribution in [0.1, 0.15) is 19.8 Å². The van der Waals surface area contributed by atoms with E-state index in [1.54, 1.807) is 6.92 Å². The minimum atomic E-state index is -0.856. The van der Waals surface area contributed by atoms with Gasteiger partial charge < -0.3 is 10.2 Å². The van der Waals surface area contributed by atoms with Crippen LogP contribution in [0.4, 0.5) is 0 Å². The Kier molecular flexibility index (Phi) is 8.83. The minimum Gasteiger partial charge on any atom is -0.481 e. The first-order chi connectivity index (χ1) is 3.63. The molecule has 3 nitrogen and oxygen atoms in total. The van der Waals surface area contributed by atoms with Gasteiger partial charge in [0, 0.05) is 36.0 Å². The average Bonchev–Trinajstić information content (AvgIpc) is 1.61. The summed E-state index contributed by atoms with van der Waals surface area (Å²) in [5.41, 5.74) is 0. The van der Waals surface area contributed by atoms with Crippen LogP contribution >= 0.6 is 0 Å². The molecule has 0 saturated heterocycles. The molecule has 9 heavy (non-hydrogen) atoms. The topological polar surface area (TPSA) is 57.5 Å². The molecule has 4 heteroatoms. The van der Waals surface area contributed by atoms with Crippen molar-refractivity contribution in [1.82, 2.24) is 0 Å². The molecule has 0 bridgehead atoms. The number of aliphatic carboxylic acids is 1. The third-order valence-corrected chi connectivity index (χ3v) is 0.776. The zero-order chi connectivity index (χ0) is 6.57. The van der Waals surface area contributed by atoms with Crippen molar-refractivity contribution in [2.24, 2.45) is 0 Å². The van der Waals surface area contributed by atoms with Crippen molar-refractivity contribution in [2.75, 3.05) is 0 Å². The Bertz CT molecular complexity index is 82.3. The van der Waals surface area contributed by atoms with Crippen LogP contribution in [0.25, 0.3) is 0 Å². The van der Waals surface area contributed by atoms with Gasteiger partial charge in [0.15, 0.2) is 0 Å². The quantitative estimate of drug-likeness (QED) is 0.537. The van der Waals surface area contributed by atoms with E-state index in [2.05, 4.69) is 0 Å². The molecule has 0 aromatic heterocycles. The van der Waals surface area contributed by atoms with Crippen molar-refractivity contribution in [3.63, 3.8) is 0 Å². The average molecular weight is 141 g/mol. The van der Waals surface area contributed by atoms with E-state index in [9.17, 15) is 4.79 Å². The Morgan fingerprint density at radius 3 is 2.22 bits per heavy atom. The molecule has 1 unspecified atom stereocenters. The molecule has 0 aromatic carbocycles. The Morgan fingerprint density at radius 2 is 2.11 bits per heavy atom. The first-order valence-electron chi connectivity index (χ1n) is 2.53. The van der Waals surface area contributed by atoms with E-state index >= 15 is 0 Å². The smallest absolute Gasteiger partial charge is 0.303 e. The third-order valence-electron chi connectivity index (χ3n) is 0.776. The van der Waals surface area contributed by atoms with Crippen molar-refractivity contribution in [3.05, 3.63) is 0 Å². The summed E-state index contributed by atoms with van der Waals surface area (Å²) in [4.78, 5) is 9.79. The van der Waals surface area contributed by atoms with Crippen LogP contribution in [0.2, 0.25) is 0 Å². The fourth-order valence-corrected chi connectivity index (χ4v) is 0.332. The number of hydrogen-bond donors (Lipinski definition) is 2. The first-order valence-corrected chi connectivity index (χ1v) is 2.53.